The largest absolute Gasteiger partial charge is 0.271 e. The van der Waals surface area contributed by atoms with Crippen LogP contribution in [0.1, 0.15) is 34.0 Å². The summed E-state index contributed by atoms with van der Waals surface area (Å²) in [6, 6.07) is 24.8. The second-order valence-electron chi connectivity index (χ2n) is 6.76. The first-order valence-electron chi connectivity index (χ1n) is 9.55. The predicted octanol–water partition coefficient (Wildman–Crippen LogP) is 5.61. The van der Waals surface area contributed by atoms with Crippen LogP contribution < -0.4 is 5.43 Å². The molecule has 0 saturated carbocycles. The van der Waals surface area contributed by atoms with E-state index in [1.54, 1.807) is 59.5 Å². The zero-order valence-corrected chi connectivity index (χ0v) is 18.3. The van der Waals surface area contributed by atoms with Gasteiger partial charge in [0.05, 0.1) is 27.6 Å². The van der Waals surface area contributed by atoms with Crippen LogP contribution in [0.3, 0.4) is 0 Å². The fourth-order valence-corrected chi connectivity index (χ4v) is 4.88. The Bertz CT molecular complexity index is 1250. The summed E-state index contributed by atoms with van der Waals surface area (Å²) >= 11 is 3.38. The number of carbonyl (C=O) groups excluding carboxylic acids is 1. The number of carbonyl (C=O) groups is 1. The molecule has 0 aliphatic rings. The van der Waals surface area contributed by atoms with Crippen LogP contribution >= 0.6 is 23.1 Å². The smallest absolute Gasteiger partial charge is 0.267 e. The maximum absolute atomic E-state index is 12.4. The molecule has 1 heterocycles. The van der Waals surface area contributed by atoms with Gasteiger partial charge in [-0.3, -0.25) is 4.79 Å². The van der Waals surface area contributed by atoms with E-state index in [4.69, 9.17) is 5.26 Å². The summed E-state index contributed by atoms with van der Waals surface area (Å²) < 4.78 is 2.23. The Morgan fingerprint density at radius 2 is 1.77 bits per heavy atom. The van der Waals surface area contributed by atoms with Gasteiger partial charge >= 0.3 is 0 Å². The van der Waals surface area contributed by atoms with Crippen LogP contribution in [-0.4, -0.2) is 16.6 Å². The molecule has 0 saturated heterocycles. The zero-order valence-electron chi connectivity index (χ0n) is 16.7. The molecule has 0 radical (unpaired) electrons. The fourth-order valence-electron chi connectivity index (χ4n) is 2.86. The van der Waals surface area contributed by atoms with Gasteiger partial charge in [-0.1, -0.05) is 48.2 Å². The number of hydrogen-bond acceptors (Lipinski definition) is 6. The molecule has 0 aliphatic carbocycles. The highest BCUT2D eigenvalue weighted by atomic mass is 32.2. The van der Waals surface area contributed by atoms with Crippen LogP contribution in [-0.2, 0) is 5.75 Å². The van der Waals surface area contributed by atoms with Gasteiger partial charge in [-0.2, -0.15) is 10.4 Å². The van der Waals surface area contributed by atoms with Crippen molar-refractivity contribution in [1.29, 1.82) is 5.26 Å². The number of hydrogen-bond donors (Lipinski definition) is 1. The minimum absolute atomic E-state index is 0.265. The summed E-state index contributed by atoms with van der Waals surface area (Å²) in [6.45, 7) is 1.81. The molecule has 0 bridgehead atoms. The van der Waals surface area contributed by atoms with Crippen molar-refractivity contribution in [2.24, 2.45) is 5.10 Å². The number of nitrogens with zero attached hydrogens (tertiary/aromatic N) is 3. The standard InChI is InChI=1S/C24H18N4OS2/c1-16(19-10-6-17(14-25)7-11-19)27-28-23(29)20-12-8-18(9-13-20)15-30-24-26-21-4-2-3-5-22(21)31-24/h2-13H,15H2,1H3,(H,28,29). The van der Waals surface area contributed by atoms with Gasteiger partial charge in [0.25, 0.3) is 5.91 Å². The highest BCUT2D eigenvalue weighted by Crippen LogP contribution is 2.31. The first-order valence-corrected chi connectivity index (χ1v) is 11.3. The molecule has 0 aliphatic heterocycles. The van der Waals surface area contributed by atoms with Crippen molar-refractivity contribution < 1.29 is 4.79 Å². The maximum atomic E-state index is 12.4. The molecule has 5 nitrogen and oxygen atoms in total. The van der Waals surface area contributed by atoms with Crippen molar-refractivity contribution in [3.8, 4) is 6.07 Å². The molecule has 4 aromatic rings. The lowest BCUT2D eigenvalue weighted by Gasteiger charge is -2.05. The third-order valence-electron chi connectivity index (χ3n) is 4.61. The monoisotopic (exact) mass is 442 g/mol. The molecule has 31 heavy (non-hydrogen) atoms. The average Bonchev–Trinajstić information content (AvgIpc) is 3.24. The lowest BCUT2D eigenvalue weighted by Crippen LogP contribution is -2.19. The van der Waals surface area contributed by atoms with E-state index < -0.39 is 0 Å². The number of nitrogens with one attached hydrogen (secondary N) is 1. The summed E-state index contributed by atoms with van der Waals surface area (Å²) in [5.74, 6) is 0.524. The summed E-state index contributed by atoms with van der Waals surface area (Å²) in [5.41, 5.74) is 7.39. The van der Waals surface area contributed by atoms with E-state index in [-0.39, 0.29) is 5.91 Å². The van der Waals surface area contributed by atoms with Crippen LogP contribution in [0, 0.1) is 11.3 Å². The normalized spacial score (nSPS) is 11.3. The van der Waals surface area contributed by atoms with E-state index in [1.807, 2.05) is 37.3 Å². The van der Waals surface area contributed by atoms with E-state index in [2.05, 4.69) is 27.6 Å². The van der Waals surface area contributed by atoms with Crippen molar-refractivity contribution in [3.05, 3.63) is 95.1 Å². The Kier molecular flexibility index (Phi) is 6.41. The number of nitriles is 1. The lowest BCUT2D eigenvalue weighted by molar-refractivity contribution is 0.0955. The molecule has 4 rings (SSSR count). The first-order chi connectivity index (χ1) is 15.1. The number of amides is 1. The number of thiazole rings is 1. The summed E-state index contributed by atoms with van der Waals surface area (Å²) in [6.07, 6.45) is 0. The number of thioether (sulfide) groups is 1. The third kappa shape index (κ3) is 5.18. The van der Waals surface area contributed by atoms with Crippen LogP contribution in [0.4, 0.5) is 0 Å². The Labute approximate surface area is 188 Å². The SMILES string of the molecule is CC(=NNC(=O)c1ccc(CSc2nc3ccccc3s2)cc1)c1ccc(C#N)cc1. The van der Waals surface area contributed by atoms with Crippen molar-refractivity contribution in [3.63, 3.8) is 0 Å². The Balaban J connectivity index is 1.34. The van der Waals surface area contributed by atoms with Gasteiger partial charge in [-0.05, 0) is 54.4 Å². The molecular weight excluding hydrogens is 424 g/mol. The van der Waals surface area contributed by atoms with Crippen LogP contribution in [0.15, 0.2) is 82.2 Å². The molecule has 0 atom stereocenters. The van der Waals surface area contributed by atoms with Crippen LogP contribution in [0.5, 0.6) is 0 Å². The van der Waals surface area contributed by atoms with Gasteiger partial charge in [-0.25, -0.2) is 10.4 Å². The summed E-state index contributed by atoms with van der Waals surface area (Å²) in [5, 5.41) is 13.0. The van der Waals surface area contributed by atoms with Gasteiger partial charge in [-0.15, -0.1) is 11.3 Å². The number of hydrazone groups is 1. The van der Waals surface area contributed by atoms with E-state index >= 15 is 0 Å². The predicted molar refractivity (Wildman–Crippen MR) is 126 cm³/mol. The lowest BCUT2D eigenvalue weighted by atomic mass is 10.1. The quantitative estimate of drug-likeness (QED) is 0.239. The highest BCUT2D eigenvalue weighted by Gasteiger charge is 2.07. The minimum Gasteiger partial charge on any atom is -0.267 e. The van der Waals surface area contributed by atoms with Crippen molar-refractivity contribution in [2.75, 3.05) is 0 Å². The zero-order chi connectivity index (χ0) is 21.6. The summed E-state index contributed by atoms with van der Waals surface area (Å²) in [7, 11) is 0. The minimum atomic E-state index is -0.265. The topological polar surface area (TPSA) is 78.1 Å². The molecular formula is C24H18N4OS2. The number of benzene rings is 3. The van der Waals surface area contributed by atoms with Crippen LogP contribution in [0.25, 0.3) is 10.2 Å². The second kappa shape index (κ2) is 9.56. The van der Waals surface area contributed by atoms with Gasteiger partial charge in [0.1, 0.15) is 0 Å². The molecule has 0 unspecified atom stereocenters. The molecule has 0 spiro atoms. The molecule has 0 fully saturated rings. The first kappa shape index (κ1) is 20.8. The molecule has 1 N–H and O–H groups in total. The Hall–Kier alpha value is -3.47. The van der Waals surface area contributed by atoms with Gasteiger partial charge in [0.15, 0.2) is 4.34 Å². The third-order valence-corrected chi connectivity index (χ3v) is 6.86. The van der Waals surface area contributed by atoms with E-state index in [0.717, 1.165) is 26.7 Å². The molecule has 7 heteroatoms. The van der Waals surface area contributed by atoms with Crippen molar-refractivity contribution in [2.45, 2.75) is 17.0 Å². The maximum Gasteiger partial charge on any atom is 0.271 e. The average molecular weight is 443 g/mol. The van der Waals surface area contributed by atoms with Crippen molar-refractivity contribution >= 4 is 44.9 Å². The number of aromatic nitrogens is 1. The Morgan fingerprint density at radius 3 is 2.48 bits per heavy atom. The van der Waals surface area contributed by atoms with Gasteiger partial charge in [0, 0.05) is 11.3 Å². The van der Waals surface area contributed by atoms with E-state index in [9.17, 15) is 4.79 Å². The van der Waals surface area contributed by atoms with Gasteiger partial charge in [0.2, 0.25) is 0 Å². The Morgan fingerprint density at radius 1 is 1.06 bits per heavy atom. The fraction of sp³-hybridized carbons (Fsp3) is 0.0833. The number of para-hydroxylation sites is 1. The van der Waals surface area contributed by atoms with E-state index in [0.29, 0.717) is 16.8 Å². The molecule has 152 valence electrons. The van der Waals surface area contributed by atoms with Gasteiger partial charge < -0.3 is 0 Å². The second-order valence-corrected chi connectivity index (χ2v) is 9.01. The van der Waals surface area contributed by atoms with E-state index in [1.165, 1.54) is 4.70 Å². The van der Waals surface area contributed by atoms with Crippen molar-refractivity contribution in [1.82, 2.24) is 10.4 Å². The summed E-state index contributed by atoms with van der Waals surface area (Å²) in [4.78, 5) is 17.0. The molecule has 1 aromatic heterocycles. The molecule has 1 amide bonds. The molecule has 3 aromatic carbocycles. The number of rotatable bonds is 6. The number of fused-ring (bicyclic) bond motifs is 1. The highest BCUT2D eigenvalue weighted by molar-refractivity contribution is 8.00. The van der Waals surface area contributed by atoms with Crippen LogP contribution in [0.2, 0.25) is 0 Å².